The summed E-state index contributed by atoms with van der Waals surface area (Å²) in [6.07, 6.45) is 2.14. The second-order valence-corrected chi connectivity index (χ2v) is 5.57. The van der Waals surface area contributed by atoms with Crippen molar-refractivity contribution in [3.63, 3.8) is 0 Å². The third kappa shape index (κ3) is 2.76. The van der Waals surface area contributed by atoms with E-state index in [1.54, 1.807) is 12.1 Å². The zero-order chi connectivity index (χ0) is 13.9. The maximum absolute atomic E-state index is 9.48. The number of piperidine rings is 1. The van der Waals surface area contributed by atoms with Gasteiger partial charge >= 0.3 is 0 Å². The number of phenolic OH excluding ortho intramolecular Hbond substituents is 1. The fraction of sp³-hybridized carbons (Fsp3) is 0.353. The number of nitrogens with zero attached hydrogens (tertiary/aromatic N) is 2. The number of aromatic hydroxyl groups is 1. The van der Waals surface area contributed by atoms with Gasteiger partial charge in [-0.05, 0) is 53.9 Å². The number of benzene rings is 2. The predicted molar refractivity (Wildman–Crippen MR) is 79.2 cm³/mol. The molecule has 1 saturated heterocycles. The zero-order valence-electron chi connectivity index (χ0n) is 11.4. The van der Waals surface area contributed by atoms with E-state index in [4.69, 9.17) is 5.26 Å². The number of rotatable bonds is 2. The van der Waals surface area contributed by atoms with Crippen molar-refractivity contribution in [3.8, 4) is 11.8 Å². The van der Waals surface area contributed by atoms with E-state index in [9.17, 15) is 5.11 Å². The monoisotopic (exact) mass is 266 g/mol. The Labute approximate surface area is 119 Å². The quantitative estimate of drug-likeness (QED) is 0.907. The lowest BCUT2D eigenvalue weighted by Gasteiger charge is -2.29. The summed E-state index contributed by atoms with van der Waals surface area (Å²) < 4.78 is 0. The van der Waals surface area contributed by atoms with Crippen molar-refractivity contribution in [1.29, 1.82) is 5.26 Å². The van der Waals surface area contributed by atoms with Crippen molar-refractivity contribution in [3.05, 3.63) is 42.0 Å². The van der Waals surface area contributed by atoms with E-state index < -0.39 is 0 Å². The average molecular weight is 266 g/mol. The SMILES string of the molecule is N#CC1CCCN(Cc2ccc3cc(O)ccc3c2)C1. The van der Waals surface area contributed by atoms with Crippen molar-refractivity contribution >= 4 is 10.8 Å². The summed E-state index contributed by atoms with van der Waals surface area (Å²) >= 11 is 0. The van der Waals surface area contributed by atoms with E-state index in [-0.39, 0.29) is 5.92 Å². The Hall–Kier alpha value is -2.05. The van der Waals surface area contributed by atoms with Crippen molar-refractivity contribution in [2.75, 3.05) is 13.1 Å². The van der Waals surface area contributed by atoms with Crippen LogP contribution < -0.4 is 0 Å². The Bertz CT molecular complexity index is 660. The third-order valence-electron chi connectivity index (χ3n) is 3.98. The molecule has 0 aromatic heterocycles. The zero-order valence-corrected chi connectivity index (χ0v) is 11.4. The van der Waals surface area contributed by atoms with E-state index in [1.165, 1.54) is 5.56 Å². The van der Waals surface area contributed by atoms with Gasteiger partial charge in [0.1, 0.15) is 5.75 Å². The van der Waals surface area contributed by atoms with Crippen molar-refractivity contribution in [1.82, 2.24) is 4.90 Å². The number of nitriles is 1. The lowest BCUT2D eigenvalue weighted by molar-refractivity contribution is 0.192. The highest BCUT2D eigenvalue weighted by Crippen LogP contribution is 2.23. The summed E-state index contributed by atoms with van der Waals surface area (Å²) in [5.74, 6) is 0.485. The summed E-state index contributed by atoms with van der Waals surface area (Å²) in [4.78, 5) is 2.36. The highest BCUT2D eigenvalue weighted by molar-refractivity contribution is 5.84. The van der Waals surface area contributed by atoms with Gasteiger partial charge in [0.2, 0.25) is 0 Å². The van der Waals surface area contributed by atoms with Gasteiger partial charge in [0.05, 0.1) is 12.0 Å². The van der Waals surface area contributed by atoms with Crippen LogP contribution >= 0.6 is 0 Å². The van der Waals surface area contributed by atoms with Crippen LogP contribution in [0, 0.1) is 17.2 Å². The number of fused-ring (bicyclic) bond motifs is 1. The molecule has 20 heavy (non-hydrogen) atoms. The minimum atomic E-state index is 0.182. The molecule has 3 heteroatoms. The lowest BCUT2D eigenvalue weighted by Crippen LogP contribution is -2.34. The molecule has 0 saturated carbocycles. The summed E-state index contributed by atoms with van der Waals surface area (Å²) in [7, 11) is 0. The highest BCUT2D eigenvalue weighted by Gasteiger charge is 2.19. The van der Waals surface area contributed by atoms with Crippen molar-refractivity contribution in [2.45, 2.75) is 19.4 Å². The van der Waals surface area contributed by atoms with Gasteiger partial charge in [-0.15, -0.1) is 0 Å². The lowest BCUT2D eigenvalue weighted by atomic mass is 9.99. The van der Waals surface area contributed by atoms with Crippen LogP contribution in [0.5, 0.6) is 5.75 Å². The number of likely N-dealkylation sites (tertiary alicyclic amines) is 1. The molecule has 1 N–H and O–H groups in total. The van der Waals surface area contributed by atoms with E-state index in [0.717, 1.165) is 43.2 Å². The van der Waals surface area contributed by atoms with Gasteiger partial charge in [-0.3, -0.25) is 4.90 Å². The molecule has 0 aliphatic carbocycles. The van der Waals surface area contributed by atoms with Crippen LogP contribution in [0.3, 0.4) is 0 Å². The maximum Gasteiger partial charge on any atom is 0.116 e. The van der Waals surface area contributed by atoms with Crippen LogP contribution in [0.25, 0.3) is 10.8 Å². The third-order valence-corrected chi connectivity index (χ3v) is 3.98. The molecule has 0 bridgehead atoms. The van der Waals surface area contributed by atoms with Gasteiger partial charge in [0, 0.05) is 13.1 Å². The topological polar surface area (TPSA) is 47.3 Å². The second-order valence-electron chi connectivity index (χ2n) is 5.57. The minimum absolute atomic E-state index is 0.182. The maximum atomic E-state index is 9.48. The highest BCUT2D eigenvalue weighted by atomic mass is 16.3. The molecule has 3 nitrogen and oxygen atoms in total. The molecular weight excluding hydrogens is 248 g/mol. The van der Waals surface area contributed by atoms with Crippen LogP contribution in [-0.2, 0) is 6.54 Å². The molecule has 0 amide bonds. The van der Waals surface area contributed by atoms with E-state index in [2.05, 4.69) is 29.2 Å². The van der Waals surface area contributed by atoms with Crippen LogP contribution in [0.15, 0.2) is 36.4 Å². The number of hydrogen-bond acceptors (Lipinski definition) is 3. The summed E-state index contributed by atoms with van der Waals surface area (Å²) in [5, 5.41) is 20.7. The Morgan fingerprint density at radius 2 is 2.00 bits per heavy atom. The molecule has 1 aliphatic heterocycles. The molecule has 2 aromatic carbocycles. The molecule has 1 fully saturated rings. The van der Waals surface area contributed by atoms with Crippen molar-refractivity contribution < 1.29 is 5.11 Å². The first-order valence-corrected chi connectivity index (χ1v) is 7.08. The fourth-order valence-corrected chi connectivity index (χ4v) is 2.94. The second kappa shape index (κ2) is 5.52. The molecule has 1 aliphatic rings. The van der Waals surface area contributed by atoms with Crippen LogP contribution in [-0.4, -0.2) is 23.1 Å². The molecule has 1 atom stereocenters. The van der Waals surface area contributed by atoms with Gasteiger partial charge in [-0.25, -0.2) is 0 Å². The summed E-state index contributed by atoms with van der Waals surface area (Å²) in [5.41, 5.74) is 1.27. The first-order valence-electron chi connectivity index (χ1n) is 7.08. The summed E-state index contributed by atoms with van der Waals surface area (Å²) in [6, 6.07) is 14.2. The summed E-state index contributed by atoms with van der Waals surface area (Å²) in [6.45, 7) is 2.85. The number of hydrogen-bond donors (Lipinski definition) is 1. The molecule has 1 heterocycles. The number of phenols is 1. The minimum Gasteiger partial charge on any atom is -0.508 e. The molecule has 3 rings (SSSR count). The van der Waals surface area contributed by atoms with Gasteiger partial charge in [0.15, 0.2) is 0 Å². The molecule has 1 unspecified atom stereocenters. The van der Waals surface area contributed by atoms with E-state index >= 15 is 0 Å². The van der Waals surface area contributed by atoms with E-state index in [0.29, 0.717) is 5.75 Å². The van der Waals surface area contributed by atoms with Crippen LogP contribution in [0.2, 0.25) is 0 Å². The average Bonchev–Trinajstić information content (AvgIpc) is 2.47. The van der Waals surface area contributed by atoms with E-state index in [1.807, 2.05) is 6.07 Å². The Kier molecular flexibility index (Phi) is 3.58. The molecule has 2 aromatic rings. The van der Waals surface area contributed by atoms with Crippen LogP contribution in [0.1, 0.15) is 18.4 Å². The first-order chi connectivity index (χ1) is 9.74. The molecular formula is C17H18N2O. The Morgan fingerprint density at radius 1 is 1.20 bits per heavy atom. The predicted octanol–water partition coefficient (Wildman–Crippen LogP) is 3.28. The van der Waals surface area contributed by atoms with Crippen LogP contribution in [0.4, 0.5) is 0 Å². The van der Waals surface area contributed by atoms with Crippen molar-refractivity contribution in [2.24, 2.45) is 5.92 Å². The molecule has 0 spiro atoms. The first kappa shape index (κ1) is 13.0. The molecule has 0 radical (unpaired) electrons. The smallest absolute Gasteiger partial charge is 0.116 e. The fourth-order valence-electron chi connectivity index (χ4n) is 2.94. The normalized spacial score (nSPS) is 19.9. The Balaban J connectivity index is 1.77. The standard InChI is InChI=1S/C17H18N2O/c18-10-14-2-1-7-19(12-14)11-13-3-4-16-9-17(20)6-5-15(16)8-13/h3-6,8-9,14,20H,1-2,7,11-12H2. The van der Waals surface area contributed by atoms with Gasteiger partial charge in [0.25, 0.3) is 0 Å². The van der Waals surface area contributed by atoms with Gasteiger partial charge in [-0.1, -0.05) is 18.2 Å². The Morgan fingerprint density at radius 3 is 2.85 bits per heavy atom. The molecule has 102 valence electrons. The van der Waals surface area contributed by atoms with Gasteiger partial charge in [-0.2, -0.15) is 5.26 Å². The van der Waals surface area contributed by atoms with Gasteiger partial charge < -0.3 is 5.11 Å². The largest absolute Gasteiger partial charge is 0.508 e.